The fourth-order valence-corrected chi connectivity index (χ4v) is 4.16. The number of ether oxygens (including phenoxy) is 1. The molecule has 28 heavy (non-hydrogen) atoms. The number of anilines is 1. The molecule has 1 aliphatic rings. The maximum atomic E-state index is 12.5. The van der Waals surface area contributed by atoms with Crippen LogP contribution < -0.4 is 10.1 Å². The molecule has 0 fully saturated rings. The first kappa shape index (κ1) is 18.5. The van der Waals surface area contributed by atoms with Crippen molar-refractivity contribution in [2.75, 3.05) is 26.5 Å². The van der Waals surface area contributed by atoms with Crippen LogP contribution >= 0.6 is 0 Å². The number of aromatic nitrogens is 2. The summed E-state index contributed by atoms with van der Waals surface area (Å²) in [5.74, 6) is 1.25. The summed E-state index contributed by atoms with van der Waals surface area (Å²) in [6.07, 6.45) is 2.38. The Bertz CT molecular complexity index is 1210. The Balaban J connectivity index is 1.72. The van der Waals surface area contributed by atoms with Gasteiger partial charge in [-0.05, 0) is 29.8 Å². The number of aryl methyl sites for hydroxylation is 1. The zero-order valence-electron chi connectivity index (χ0n) is 16.1. The van der Waals surface area contributed by atoms with Gasteiger partial charge in [-0.15, -0.1) is 0 Å². The van der Waals surface area contributed by atoms with Gasteiger partial charge in [0.2, 0.25) is 10.0 Å². The maximum Gasteiger partial charge on any atom is 0.242 e. The quantitative estimate of drug-likeness (QED) is 0.728. The zero-order valence-corrected chi connectivity index (χ0v) is 16.9. The first-order valence-corrected chi connectivity index (χ1v) is 10.1. The highest BCUT2D eigenvalue weighted by atomic mass is 32.2. The van der Waals surface area contributed by atoms with Crippen molar-refractivity contribution in [3.8, 4) is 5.75 Å². The molecule has 0 amide bonds. The third kappa shape index (κ3) is 2.92. The minimum absolute atomic E-state index is 0.184. The van der Waals surface area contributed by atoms with Gasteiger partial charge in [0, 0.05) is 27.6 Å². The number of aliphatic imine (C=N–C) groups is 1. The average molecular weight is 399 g/mol. The monoisotopic (exact) mass is 399 g/mol. The van der Waals surface area contributed by atoms with Crippen molar-refractivity contribution in [1.29, 1.82) is 0 Å². The SMILES string of the molecule is COc1ccc(S(=O)(=O)N(C)C)cc1NC1=Nc2c(ccc3c2ncn3C)C1. The van der Waals surface area contributed by atoms with E-state index in [0.717, 1.165) is 22.3 Å². The van der Waals surface area contributed by atoms with Crippen LogP contribution in [0.15, 0.2) is 46.5 Å². The van der Waals surface area contributed by atoms with E-state index in [1.807, 2.05) is 23.7 Å². The van der Waals surface area contributed by atoms with Crippen LogP contribution in [-0.2, 0) is 23.5 Å². The molecule has 0 bridgehead atoms. The minimum atomic E-state index is -3.55. The molecule has 2 aromatic carbocycles. The van der Waals surface area contributed by atoms with Gasteiger partial charge >= 0.3 is 0 Å². The first-order valence-electron chi connectivity index (χ1n) is 8.69. The summed E-state index contributed by atoms with van der Waals surface area (Å²) in [7, 11) is 2.94. The van der Waals surface area contributed by atoms with Crippen molar-refractivity contribution in [2.45, 2.75) is 11.3 Å². The summed E-state index contributed by atoms with van der Waals surface area (Å²) in [6.45, 7) is 0. The molecule has 8 nitrogen and oxygen atoms in total. The molecule has 0 saturated heterocycles. The second-order valence-corrected chi connectivity index (χ2v) is 8.96. The summed E-state index contributed by atoms with van der Waals surface area (Å²) in [6, 6.07) is 8.81. The third-order valence-corrected chi connectivity index (χ3v) is 6.60. The molecule has 0 saturated carbocycles. The fraction of sp³-hybridized carbons (Fsp3) is 0.263. The molecule has 9 heteroatoms. The Morgan fingerprint density at radius 1 is 1.21 bits per heavy atom. The van der Waals surface area contributed by atoms with Crippen molar-refractivity contribution in [1.82, 2.24) is 13.9 Å². The molecule has 1 N–H and O–H groups in total. The summed E-state index contributed by atoms with van der Waals surface area (Å²) in [5.41, 5.74) is 4.34. The van der Waals surface area contributed by atoms with E-state index in [1.54, 1.807) is 25.6 Å². The topological polar surface area (TPSA) is 88.8 Å². The van der Waals surface area contributed by atoms with E-state index < -0.39 is 10.0 Å². The lowest BCUT2D eigenvalue weighted by Gasteiger charge is -2.15. The second kappa shape index (κ2) is 6.61. The van der Waals surface area contributed by atoms with Crippen LogP contribution in [0.2, 0.25) is 0 Å². The number of sulfonamides is 1. The van der Waals surface area contributed by atoms with Crippen LogP contribution in [0.5, 0.6) is 5.75 Å². The fourth-order valence-electron chi connectivity index (χ4n) is 3.24. The molecule has 1 aromatic heterocycles. The molecule has 0 radical (unpaired) electrons. The smallest absolute Gasteiger partial charge is 0.242 e. The van der Waals surface area contributed by atoms with Gasteiger partial charge in [0.15, 0.2) is 0 Å². The Labute approximate surface area is 163 Å². The summed E-state index contributed by atoms with van der Waals surface area (Å²) in [5, 5.41) is 3.24. The Kier molecular flexibility index (Phi) is 4.35. The highest BCUT2D eigenvalue weighted by Gasteiger charge is 2.22. The van der Waals surface area contributed by atoms with Gasteiger partial charge in [-0.1, -0.05) is 6.07 Å². The predicted octanol–water partition coefficient (Wildman–Crippen LogP) is 2.53. The van der Waals surface area contributed by atoms with Gasteiger partial charge in [0.1, 0.15) is 17.1 Å². The lowest BCUT2D eigenvalue weighted by atomic mass is 10.1. The summed E-state index contributed by atoms with van der Waals surface area (Å²) < 4.78 is 33.5. The van der Waals surface area contributed by atoms with Gasteiger partial charge in [-0.3, -0.25) is 0 Å². The predicted molar refractivity (Wildman–Crippen MR) is 109 cm³/mol. The molecular formula is C19H21N5O3S. The largest absolute Gasteiger partial charge is 0.495 e. The number of rotatable bonds is 4. The van der Waals surface area contributed by atoms with E-state index in [1.165, 1.54) is 24.5 Å². The van der Waals surface area contributed by atoms with Crippen LogP contribution in [-0.4, -0.2) is 49.3 Å². The molecule has 1 aliphatic heterocycles. The number of imidazole rings is 1. The van der Waals surface area contributed by atoms with Crippen LogP contribution in [0.25, 0.3) is 11.0 Å². The van der Waals surface area contributed by atoms with Gasteiger partial charge in [-0.2, -0.15) is 0 Å². The standard InChI is InChI=1S/C19H21N5O3S/c1-23(2)28(25,26)13-6-8-16(27-4)14(10-13)21-17-9-12-5-7-15-19(18(12)22-17)20-11-24(15)3/h5-8,10-11H,9H2,1-4H3,(H,21,22). The molecule has 0 atom stereocenters. The average Bonchev–Trinajstić information content (AvgIpc) is 3.24. The van der Waals surface area contributed by atoms with Crippen LogP contribution in [0.3, 0.4) is 0 Å². The maximum absolute atomic E-state index is 12.5. The van der Waals surface area contributed by atoms with E-state index in [9.17, 15) is 8.42 Å². The van der Waals surface area contributed by atoms with Crippen molar-refractivity contribution in [3.05, 3.63) is 42.2 Å². The van der Waals surface area contributed by atoms with Gasteiger partial charge in [0.25, 0.3) is 0 Å². The number of hydrogen-bond donors (Lipinski definition) is 1. The molecule has 4 rings (SSSR count). The van der Waals surface area contributed by atoms with E-state index in [0.29, 0.717) is 23.7 Å². The van der Waals surface area contributed by atoms with E-state index >= 15 is 0 Å². The van der Waals surface area contributed by atoms with Gasteiger partial charge < -0.3 is 14.6 Å². The minimum Gasteiger partial charge on any atom is -0.495 e. The number of methoxy groups -OCH3 is 1. The first-order chi connectivity index (χ1) is 13.3. The number of hydrogen-bond acceptors (Lipinski definition) is 6. The van der Waals surface area contributed by atoms with Gasteiger partial charge in [0.05, 0.1) is 35.2 Å². The Hall–Kier alpha value is -2.91. The molecule has 0 unspecified atom stereocenters. The zero-order chi connectivity index (χ0) is 20.1. The molecule has 0 aliphatic carbocycles. The van der Waals surface area contributed by atoms with Gasteiger partial charge in [-0.25, -0.2) is 22.7 Å². The van der Waals surface area contributed by atoms with Crippen LogP contribution in [0.4, 0.5) is 11.4 Å². The Morgan fingerprint density at radius 3 is 2.71 bits per heavy atom. The van der Waals surface area contributed by atoms with Crippen LogP contribution in [0, 0.1) is 0 Å². The molecule has 0 spiro atoms. The highest BCUT2D eigenvalue weighted by Crippen LogP contribution is 2.35. The van der Waals surface area contributed by atoms with Crippen molar-refractivity contribution in [2.24, 2.45) is 12.0 Å². The lowest BCUT2D eigenvalue weighted by Crippen LogP contribution is -2.22. The molecule has 146 valence electrons. The summed E-state index contributed by atoms with van der Waals surface area (Å²) >= 11 is 0. The Morgan fingerprint density at radius 2 is 2.00 bits per heavy atom. The molecule has 2 heterocycles. The number of benzene rings is 2. The number of nitrogens with zero attached hydrogens (tertiary/aromatic N) is 4. The van der Waals surface area contributed by atoms with Crippen molar-refractivity contribution >= 4 is 38.3 Å². The highest BCUT2D eigenvalue weighted by molar-refractivity contribution is 7.89. The third-order valence-electron chi connectivity index (χ3n) is 4.79. The van der Waals surface area contributed by atoms with E-state index in [4.69, 9.17) is 9.73 Å². The number of fused-ring (bicyclic) bond motifs is 3. The number of amidine groups is 1. The van der Waals surface area contributed by atoms with Crippen molar-refractivity contribution < 1.29 is 13.2 Å². The van der Waals surface area contributed by atoms with Crippen LogP contribution in [0.1, 0.15) is 5.56 Å². The summed E-state index contributed by atoms with van der Waals surface area (Å²) in [4.78, 5) is 9.34. The van der Waals surface area contributed by atoms with Crippen molar-refractivity contribution in [3.63, 3.8) is 0 Å². The van der Waals surface area contributed by atoms with E-state index in [2.05, 4.69) is 10.3 Å². The molecule has 3 aromatic rings. The normalized spacial score (nSPS) is 13.7. The number of nitrogens with one attached hydrogen (secondary N) is 1. The molecular weight excluding hydrogens is 378 g/mol. The lowest BCUT2D eigenvalue weighted by molar-refractivity contribution is 0.416. The van der Waals surface area contributed by atoms with E-state index in [-0.39, 0.29) is 4.90 Å². The second-order valence-electron chi connectivity index (χ2n) is 6.81.